The first kappa shape index (κ1) is 18.0. The highest BCUT2D eigenvalue weighted by atomic mass is 16.2. The highest BCUT2D eigenvalue weighted by molar-refractivity contribution is 5.94. The van der Waals surface area contributed by atoms with E-state index in [0.29, 0.717) is 0 Å². The van der Waals surface area contributed by atoms with Crippen LogP contribution in [0.15, 0.2) is 24.3 Å². The van der Waals surface area contributed by atoms with Gasteiger partial charge in [-0.15, -0.1) is 0 Å². The van der Waals surface area contributed by atoms with Gasteiger partial charge in [-0.1, -0.05) is 6.07 Å². The number of aryl methyl sites for hydroxylation is 4. The number of carbonyl (C=O) groups excluding carboxylic acids is 1. The number of hydrogen-bond donors (Lipinski definition) is 0. The first-order chi connectivity index (χ1) is 13.0. The van der Waals surface area contributed by atoms with Crippen molar-refractivity contribution >= 4 is 11.7 Å². The number of amides is 1. The number of hydrogen-bond acceptors (Lipinski definition) is 4. The lowest BCUT2D eigenvalue weighted by molar-refractivity contribution is 0.0709. The van der Waals surface area contributed by atoms with Crippen molar-refractivity contribution in [2.45, 2.75) is 52.0 Å². The van der Waals surface area contributed by atoms with Gasteiger partial charge in [0.05, 0.1) is 0 Å². The summed E-state index contributed by atoms with van der Waals surface area (Å²) in [6.07, 6.45) is 5.41. The molecule has 1 aliphatic carbocycles. The molecule has 4 rings (SSSR count). The summed E-state index contributed by atoms with van der Waals surface area (Å²) in [6.45, 7) is 5.78. The maximum atomic E-state index is 13.0. The van der Waals surface area contributed by atoms with Crippen LogP contribution >= 0.6 is 0 Å². The third kappa shape index (κ3) is 3.68. The Labute approximate surface area is 161 Å². The Kier molecular flexibility index (Phi) is 4.85. The van der Waals surface area contributed by atoms with Gasteiger partial charge in [-0.05, 0) is 69.2 Å². The van der Waals surface area contributed by atoms with Crippen LogP contribution in [0.4, 0.5) is 5.82 Å². The van der Waals surface area contributed by atoms with E-state index in [4.69, 9.17) is 0 Å². The topological polar surface area (TPSA) is 49.3 Å². The number of nitrogens with zero attached hydrogens (tertiary/aromatic N) is 4. The van der Waals surface area contributed by atoms with Crippen molar-refractivity contribution in [3.05, 3.63) is 52.5 Å². The number of benzene rings is 1. The zero-order chi connectivity index (χ0) is 19.0. The van der Waals surface area contributed by atoms with Gasteiger partial charge in [-0.25, -0.2) is 9.97 Å². The molecule has 1 aliphatic heterocycles. The molecule has 0 unspecified atom stereocenters. The van der Waals surface area contributed by atoms with Crippen LogP contribution in [-0.4, -0.2) is 47.0 Å². The van der Waals surface area contributed by atoms with Gasteiger partial charge in [0.25, 0.3) is 5.91 Å². The third-order valence-corrected chi connectivity index (χ3v) is 5.95. The maximum Gasteiger partial charge on any atom is 0.253 e. The van der Waals surface area contributed by atoms with E-state index in [1.807, 2.05) is 37.9 Å². The van der Waals surface area contributed by atoms with Gasteiger partial charge in [0.1, 0.15) is 11.6 Å². The van der Waals surface area contributed by atoms with E-state index in [1.165, 1.54) is 17.5 Å². The van der Waals surface area contributed by atoms with Crippen LogP contribution in [0.2, 0.25) is 0 Å². The van der Waals surface area contributed by atoms with Crippen LogP contribution in [-0.2, 0) is 12.8 Å². The molecule has 0 bridgehead atoms. The third-order valence-electron chi connectivity index (χ3n) is 5.95. The molecule has 0 atom stereocenters. The van der Waals surface area contributed by atoms with Crippen molar-refractivity contribution in [1.82, 2.24) is 14.9 Å². The van der Waals surface area contributed by atoms with Crippen LogP contribution in [0.1, 0.15) is 52.3 Å². The summed E-state index contributed by atoms with van der Waals surface area (Å²) in [6, 6.07) is 8.59. The first-order valence-electron chi connectivity index (χ1n) is 9.97. The highest BCUT2D eigenvalue weighted by Gasteiger charge is 2.27. The van der Waals surface area contributed by atoms with Gasteiger partial charge in [-0.2, -0.15) is 0 Å². The molecular formula is C22H28N4O. The zero-order valence-electron chi connectivity index (χ0n) is 16.5. The predicted molar refractivity (Wildman–Crippen MR) is 107 cm³/mol. The van der Waals surface area contributed by atoms with Crippen molar-refractivity contribution in [2.24, 2.45) is 0 Å². The summed E-state index contributed by atoms with van der Waals surface area (Å²) in [5.74, 6) is 1.97. The van der Waals surface area contributed by atoms with Crippen molar-refractivity contribution in [2.75, 3.05) is 25.0 Å². The fraction of sp³-hybridized carbons (Fsp3) is 0.500. The number of aromatic nitrogens is 2. The minimum Gasteiger partial charge on any atom is -0.356 e. The molecule has 2 aliphatic rings. The lowest BCUT2D eigenvalue weighted by Crippen LogP contribution is -2.46. The molecule has 2 heterocycles. The lowest BCUT2D eigenvalue weighted by atomic mass is 10.0. The van der Waals surface area contributed by atoms with Crippen LogP contribution in [0.25, 0.3) is 0 Å². The minimum absolute atomic E-state index is 0.150. The summed E-state index contributed by atoms with van der Waals surface area (Å²) in [5.41, 5.74) is 4.61. The molecule has 0 radical (unpaired) electrons. The normalized spacial score (nSPS) is 17.1. The van der Waals surface area contributed by atoms with E-state index >= 15 is 0 Å². The molecule has 0 N–H and O–H groups in total. The first-order valence-corrected chi connectivity index (χ1v) is 9.97. The van der Waals surface area contributed by atoms with E-state index in [0.717, 1.165) is 61.7 Å². The average Bonchev–Trinajstić information content (AvgIpc) is 3.14. The molecule has 142 valence electrons. The number of piperidine rings is 1. The van der Waals surface area contributed by atoms with Crippen LogP contribution < -0.4 is 4.90 Å². The van der Waals surface area contributed by atoms with E-state index in [-0.39, 0.29) is 11.9 Å². The van der Waals surface area contributed by atoms with E-state index < -0.39 is 0 Å². The fourth-order valence-corrected chi connectivity index (χ4v) is 4.42. The van der Waals surface area contributed by atoms with Crippen molar-refractivity contribution < 1.29 is 4.79 Å². The Morgan fingerprint density at radius 1 is 1.07 bits per heavy atom. The summed E-state index contributed by atoms with van der Waals surface area (Å²) in [4.78, 5) is 26.2. The van der Waals surface area contributed by atoms with E-state index in [9.17, 15) is 4.79 Å². The van der Waals surface area contributed by atoms with E-state index in [1.54, 1.807) is 0 Å². The second-order valence-electron chi connectivity index (χ2n) is 7.89. The molecule has 1 amide bonds. The number of anilines is 1. The van der Waals surface area contributed by atoms with Crippen LogP contribution in [0, 0.1) is 13.8 Å². The molecule has 0 saturated carbocycles. The Balaban J connectivity index is 1.41. The van der Waals surface area contributed by atoms with Gasteiger partial charge in [0, 0.05) is 43.5 Å². The fourth-order valence-electron chi connectivity index (χ4n) is 4.42. The largest absolute Gasteiger partial charge is 0.356 e. The molecule has 1 fully saturated rings. The molecule has 27 heavy (non-hydrogen) atoms. The van der Waals surface area contributed by atoms with Crippen molar-refractivity contribution in [3.8, 4) is 0 Å². The maximum absolute atomic E-state index is 13.0. The molecule has 5 heteroatoms. The van der Waals surface area contributed by atoms with Crippen LogP contribution in [0.3, 0.4) is 0 Å². The van der Waals surface area contributed by atoms with Gasteiger partial charge < -0.3 is 9.80 Å². The van der Waals surface area contributed by atoms with Gasteiger partial charge in [0.2, 0.25) is 0 Å². The Hall–Kier alpha value is -2.43. The smallest absolute Gasteiger partial charge is 0.253 e. The summed E-state index contributed by atoms with van der Waals surface area (Å²) in [7, 11) is 1.95. The van der Waals surface area contributed by atoms with Crippen molar-refractivity contribution in [1.29, 1.82) is 0 Å². The Morgan fingerprint density at radius 3 is 2.56 bits per heavy atom. The van der Waals surface area contributed by atoms with Crippen molar-refractivity contribution in [3.63, 3.8) is 0 Å². The second kappa shape index (κ2) is 7.29. The minimum atomic E-state index is 0.150. The van der Waals surface area contributed by atoms with Gasteiger partial charge >= 0.3 is 0 Å². The quantitative estimate of drug-likeness (QED) is 0.838. The van der Waals surface area contributed by atoms with Gasteiger partial charge in [0.15, 0.2) is 0 Å². The predicted octanol–water partition coefficient (Wildman–Crippen LogP) is 3.32. The molecule has 2 aromatic rings. The second-order valence-corrected chi connectivity index (χ2v) is 7.89. The van der Waals surface area contributed by atoms with Crippen LogP contribution in [0.5, 0.6) is 0 Å². The zero-order valence-corrected chi connectivity index (χ0v) is 16.5. The molecule has 1 saturated heterocycles. The lowest BCUT2D eigenvalue weighted by Gasteiger charge is -2.37. The number of rotatable bonds is 3. The summed E-state index contributed by atoms with van der Waals surface area (Å²) >= 11 is 0. The standard InChI is InChI=1S/C22H28N4O/c1-15-13-21(24-16(2)23-15)26-11-9-20(10-12-26)25(3)22(27)19-8-7-17-5-4-6-18(17)14-19/h7-8,13-14,20H,4-6,9-12H2,1-3H3. The molecule has 1 aromatic heterocycles. The summed E-state index contributed by atoms with van der Waals surface area (Å²) in [5, 5.41) is 0. The monoisotopic (exact) mass is 364 g/mol. The molecule has 0 spiro atoms. The molecule has 5 nitrogen and oxygen atoms in total. The number of carbonyl (C=O) groups is 1. The summed E-state index contributed by atoms with van der Waals surface area (Å²) < 4.78 is 0. The Bertz CT molecular complexity index is 835. The number of fused-ring (bicyclic) bond motifs is 1. The molecular weight excluding hydrogens is 336 g/mol. The SMILES string of the molecule is Cc1cc(N2CCC(N(C)C(=O)c3ccc4c(c3)CCC4)CC2)nc(C)n1. The highest BCUT2D eigenvalue weighted by Crippen LogP contribution is 2.25. The molecule has 1 aromatic carbocycles. The Morgan fingerprint density at radius 2 is 1.81 bits per heavy atom. The average molecular weight is 364 g/mol. The van der Waals surface area contributed by atoms with E-state index in [2.05, 4.69) is 27.0 Å². The van der Waals surface area contributed by atoms with Gasteiger partial charge in [-0.3, -0.25) is 4.79 Å².